The van der Waals surface area contributed by atoms with E-state index in [2.05, 4.69) is 43.3 Å². The number of pyridine rings is 1. The summed E-state index contributed by atoms with van der Waals surface area (Å²) in [7, 11) is 0. The lowest BCUT2D eigenvalue weighted by molar-refractivity contribution is 0.368. The van der Waals surface area contributed by atoms with E-state index in [-0.39, 0.29) is 0 Å². The predicted octanol–water partition coefficient (Wildman–Crippen LogP) is 2.39. The molecule has 17 heavy (non-hydrogen) atoms. The summed E-state index contributed by atoms with van der Waals surface area (Å²) in [4.78, 5) is 8.47. The lowest BCUT2D eigenvalue weighted by Gasteiger charge is -1.95. The fourth-order valence-electron chi connectivity index (χ4n) is 1.31. The maximum atomic E-state index is 5.12. The molecule has 90 valence electrons. The lowest BCUT2D eigenvalue weighted by atomic mass is 10.3. The Morgan fingerprint density at radius 3 is 3.00 bits per heavy atom. The van der Waals surface area contributed by atoms with Crippen LogP contribution in [0.5, 0.6) is 0 Å². The van der Waals surface area contributed by atoms with Crippen molar-refractivity contribution in [3.8, 4) is 11.5 Å². The minimum Gasteiger partial charge on any atom is -0.337 e. The van der Waals surface area contributed by atoms with Gasteiger partial charge in [0.05, 0.1) is 6.54 Å². The third-order valence-corrected chi connectivity index (χ3v) is 2.60. The number of hydrogen-bond donors (Lipinski definition) is 1. The number of nitrogens with one attached hydrogen (secondary N) is 1. The van der Waals surface area contributed by atoms with Gasteiger partial charge in [-0.25, -0.2) is 0 Å². The normalized spacial score (nSPS) is 10.7. The van der Waals surface area contributed by atoms with Gasteiger partial charge in [0.15, 0.2) is 0 Å². The van der Waals surface area contributed by atoms with Gasteiger partial charge in [-0.15, -0.1) is 0 Å². The molecular formula is C11H13BrN4O. The van der Waals surface area contributed by atoms with Gasteiger partial charge in [-0.3, -0.25) is 4.98 Å². The number of rotatable bonds is 5. The van der Waals surface area contributed by atoms with Crippen LogP contribution in [0.15, 0.2) is 27.3 Å². The van der Waals surface area contributed by atoms with E-state index in [1.165, 1.54) is 0 Å². The summed E-state index contributed by atoms with van der Waals surface area (Å²) >= 11 is 3.33. The van der Waals surface area contributed by atoms with Gasteiger partial charge in [0, 0.05) is 10.7 Å². The summed E-state index contributed by atoms with van der Waals surface area (Å²) in [5, 5.41) is 7.09. The highest BCUT2D eigenvalue weighted by Gasteiger charge is 2.08. The molecular weight excluding hydrogens is 284 g/mol. The van der Waals surface area contributed by atoms with Crippen LogP contribution in [0.25, 0.3) is 11.5 Å². The first-order valence-corrected chi connectivity index (χ1v) is 6.24. The van der Waals surface area contributed by atoms with Crippen molar-refractivity contribution in [3.63, 3.8) is 0 Å². The Balaban J connectivity index is 2.04. The highest BCUT2D eigenvalue weighted by Crippen LogP contribution is 2.15. The summed E-state index contributed by atoms with van der Waals surface area (Å²) in [5.41, 5.74) is 0.707. The minimum atomic E-state index is 0.519. The number of hydrogen-bond acceptors (Lipinski definition) is 5. The van der Waals surface area contributed by atoms with Crippen molar-refractivity contribution in [2.45, 2.75) is 19.9 Å². The monoisotopic (exact) mass is 296 g/mol. The van der Waals surface area contributed by atoms with Crippen LogP contribution in [-0.4, -0.2) is 21.7 Å². The van der Waals surface area contributed by atoms with E-state index in [4.69, 9.17) is 4.52 Å². The summed E-state index contributed by atoms with van der Waals surface area (Å²) < 4.78 is 6.05. The summed E-state index contributed by atoms with van der Waals surface area (Å²) in [6.45, 7) is 3.64. The van der Waals surface area contributed by atoms with Gasteiger partial charge in [0.1, 0.15) is 5.69 Å². The molecule has 6 heteroatoms. The van der Waals surface area contributed by atoms with Gasteiger partial charge in [0.2, 0.25) is 11.7 Å². The quantitative estimate of drug-likeness (QED) is 0.859. The maximum absolute atomic E-state index is 5.12. The second kappa shape index (κ2) is 5.88. The molecule has 0 atom stereocenters. The molecule has 2 aromatic rings. The average Bonchev–Trinajstić information content (AvgIpc) is 2.79. The number of aromatic nitrogens is 3. The Morgan fingerprint density at radius 2 is 2.29 bits per heavy atom. The molecule has 0 aromatic carbocycles. The van der Waals surface area contributed by atoms with Crippen LogP contribution in [0.1, 0.15) is 19.2 Å². The third kappa shape index (κ3) is 3.34. The first-order valence-electron chi connectivity index (χ1n) is 5.45. The standard InChI is InChI=1S/C11H13BrN4O/c1-2-5-13-7-10-15-11(16-17-10)9-4-3-8(12)6-14-9/h3-4,6,13H,2,5,7H2,1H3. The Bertz CT molecular complexity index is 469. The zero-order chi connectivity index (χ0) is 12.1. The molecule has 0 saturated heterocycles. The van der Waals surface area contributed by atoms with Crippen molar-refractivity contribution >= 4 is 15.9 Å². The summed E-state index contributed by atoms with van der Waals surface area (Å²) in [6.07, 6.45) is 2.79. The first-order chi connectivity index (χ1) is 8.29. The van der Waals surface area contributed by atoms with Crippen LogP contribution in [0, 0.1) is 0 Å². The molecule has 0 aliphatic carbocycles. The average molecular weight is 297 g/mol. The van der Waals surface area contributed by atoms with Crippen molar-refractivity contribution < 1.29 is 4.52 Å². The summed E-state index contributed by atoms with van der Waals surface area (Å²) in [5.74, 6) is 1.10. The Labute approximate surface area is 108 Å². The van der Waals surface area contributed by atoms with E-state index in [1.807, 2.05) is 12.1 Å². The Kier molecular flexibility index (Phi) is 4.22. The van der Waals surface area contributed by atoms with Crippen molar-refractivity contribution in [1.82, 2.24) is 20.4 Å². The highest BCUT2D eigenvalue weighted by molar-refractivity contribution is 9.10. The van der Waals surface area contributed by atoms with Gasteiger partial charge in [-0.1, -0.05) is 12.1 Å². The van der Waals surface area contributed by atoms with E-state index in [1.54, 1.807) is 6.20 Å². The molecule has 0 bridgehead atoms. The van der Waals surface area contributed by atoms with E-state index < -0.39 is 0 Å². The van der Waals surface area contributed by atoms with Gasteiger partial charge < -0.3 is 9.84 Å². The second-order valence-electron chi connectivity index (χ2n) is 3.55. The fourth-order valence-corrected chi connectivity index (χ4v) is 1.55. The molecule has 2 heterocycles. The molecule has 1 N–H and O–H groups in total. The van der Waals surface area contributed by atoms with Gasteiger partial charge >= 0.3 is 0 Å². The third-order valence-electron chi connectivity index (χ3n) is 2.13. The van der Waals surface area contributed by atoms with E-state index in [0.717, 1.165) is 17.4 Å². The Hall–Kier alpha value is -1.27. The van der Waals surface area contributed by atoms with E-state index in [9.17, 15) is 0 Å². The molecule has 2 aromatic heterocycles. The first kappa shape index (κ1) is 12.2. The Morgan fingerprint density at radius 1 is 1.41 bits per heavy atom. The van der Waals surface area contributed by atoms with Crippen molar-refractivity contribution in [3.05, 3.63) is 28.7 Å². The fraction of sp³-hybridized carbons (Fsp3) is 0.364. The molecule has 5 nitrogen and oxygen atoms in total. The van der Waals surface area contributed by atoms with Gasteiger partial charge in [-0.2, -0.15) is 4.98 Å². The van der Waals surface area contributed by atoms with Crippen molar-refractivity contribution in [1.29, 1.82) is 0 Å². The van der Waals surface area contributed by atoms with Crippen molar-refractivity contribution in [2.75, 3.05) is 6.54 Å². The molecule has 0 unspecified atom stereocenters. The van der Waals surface area contributed by atoms with Crippen molar-refractivity contribution in [2.24, 2.45) is 0 Å². The topological polar surface area (TPSA) is 63.8 Å². The lowest BCUT2D eigenvalue weighted by Crippen LogP contribution is -2.13. The van der Waals surface area contributed by atoms with Crippen LogP contribution in [-0.2, 0) is 6.54 Å². The largest absolute Gasteiger partial charge is 0.337 e. The van der Waals surface area contributed by atoms with Gasteiger partial charge in [-0.05, 0) is 41.0 Å². The molecule has 0 fully saturated rings. The molecule has 2 rings (SSSR count). The molecule has 0 aliphatic heterocycles. The van der Waals surface area contributed by atoms with Crippen LogP contribution in [0.2, 0.25) is 0 Å². The zero-order valence-corrected chi connectivity index (χ0v) is 11.1. The number of halogens is 1. The SMILES string of the molecule is CCCNCc1nc(-c2ccc(Br)cn2)no1. The molecule has 0 aliphatic rings. The van der Waals surface area contributed by atoms with Gasteiger partial charge in [0.25, 0.3) is 0 Å². The summed E-state index contributed by atoms with van der Waals surface area (Å²) in [6, 6.07) is 3.74. The minimum absolute atomic E-state index is 0.519. The van der Waals surface area contributed by atoms with Crippen LogP contribution < -0.4 is 5.32 Å². The molecule has 0 saturated carbocycles. The van der Waals surface area contributed by atoms with E-state index >= 15 is 0 Å². The van der Waals surface area contributed by atoms with Crippen LogP contribution >= 0.6 is 15.9 Å². The molecule has 0 spiro atoms. The van der Waals surface area contributed by atoms with Crippen LogP contribution in [0.3, 0.4) is 0 Å². The smallest absolute Gasteiger partial charge is 0.240 e. The highest BCUT2D eigenvalue weighted by atomic mass is 79.9. The van der Waals surface area contributed by atoms with E-state index in [0.29, 0.717) is 24.0 Å². The molecule has 0 radical (unpaired) electrons. The van der Waals surface area contributed by atoms with Crippen LogP contribution in [0.4, 0.5) is 0 Å². The predicted molar refractivity (Wildman–Crippen MR) is 67.2 cm³/mol. The number of nitrogens with zero attached hydrogens (tertiary/aromatic N) is 3. The maximum Gasteiger partial charge on any atom is 0.240 e. The second-order valence-corrected chi connectivity index (χ2v) is 4.47. The zero-order valence-electron chi connectivity index (χ0n) is 9.48. The molecule has 0 amide bonds.